The van der Waals surface area contributed by atoms with Gasteiger partial charge in [-0.3, -0.25) is 0 Å². The predicted molar refractivity (Wildman–Crippen MR) is 57.8 cm³/mol. The van der Waals surface area contributed by atoms with E-state index in [1.54, 1.807) is 0 Å². The summed E-state index contributed by atoms with van der Waals surface area (Å²) in [6.45, 7) is 2.33. The van der Waals surface area contributed by atoms with Crippen LogP contribution in [0.3, 0.4) is 0 Å². The van der Waals surface area contributed by atoms with E-state index < -0.39 is 0 Å². The first-order chi connectivity index (χ1) is 7.36. The number of fused-ring (bicyclic) bond motifs is 1. The second kappa shape index (κ2) is 3.58. The molecule has 0 saturated carbocycles. The first kappa shape index (κ1) is 9.31. The molecule has 0 spiro atoms. The van der Waals surface area contributed by atoms with E-state index in [-0.39, 0.29) is 0 Å². The van der Waals surface area contributed by atoms with Crippen molar-refractivity contribution in [3.05, 3.63) is 22.7 Å². The first-order valence-electron chi connectivity index (χ1n) is 5.15. The van der Waals surface area contributed by atoms with Gasteiger partial charge in [-0.15, -0.1) is 0 Å². The zero-order chi connectivity index (χ0) is 10.3. The van der Waals surface area contributed by atoms with Crippen LogP contribution in [0.5, 0.6) is 11.5 Å². The van der Waals surface area contributed by atoms with Crippen molar-refractivity contribution in [3.8, 4) is 11.5 Å². The summed E-state index contributed by atoms with van der Waals surface area (Å²) in [5.41, 5.74) is 1.11. The topological polar surface area (TPSA) is 30.5 Å². The van der Waals surface area contributed by atoms with Crippen LogP contribution in [-0.2, 0) is 0 Å². The molecule has 2 heterocycles. The van der Waals surface area contributed by atoms with E-state index in [2.05, 4.69) is 5.32 Å². The second-order valence-electron chi connectivity index (χ2n) is 3.88. The fourth-order valence-electron chi connectivity index (χ4n) is 2.25. The molecule has 3 rings (SSSR count). The molecular weight excluding hydrogens is 214 g/mol. The molecule has 2 aliphatic rings. The molecule has 80 valence electrons. The summed E-state index contributed by atoms with van der Waals surface area (Å²) in [4.78, 5) is 0. The fourth-order valence-corrected chi connectivity index (χ4v) is 2.55. The Morgan fingerprint density at radius 1 is 1.33 bits per heavy atom. The van der Waals surface area contributed by atoms with Gasteiger partial charge in [0.05, 0.1) is 0 Å². The fraction of sp³-hybridized carbons (Fsp3) is 0.455. The highest BCUT2D eigenvalue weighted by Gasteiger charge is 2.27. The lowest BCUT2D eigenvalue weighted by atomic mass is 9.97. The van der Waals surface area contributed by atoms with Crippen molar-refractivity contribution in [2.24, 2.45) is 0 Å². The molecule has 1 N–H and O–H groups in total. The van der Waals surface area contributed by atoms with Gasteiger partial charge < -0.3 is 14.8 Å². The van der Waals surface area contributed by atoms with Crippen LogP contribution >= 0.6 is 11.6 Å². The molecule has 1 aromatic rings. The van der Waals surface area contributed by atoms with E-state index >= 15 is 0 Å². The SMILES string of the molecule is Clc1ccc2c(c1C1CCNC1)OCO2. The molecule has 1 unspecified atom stereocenters. The smallest absolute Gasteiger partial charge is 0.231 e. The third kappa shape index (κ3) is 1.46. The van der Waals surface area contributed by atoms with Crippen LogP contribution in [0.15, 0.2) is 12.1 Å². The van der Waals surface area contributed by atoms with Gasteiger partial charge in [0, 0.05) is 23.0 Å². The molecule has 0 bridgehead atoms. The molecule has 1 aromatic carbocycles. The van der Waals surface area contributed by atoms with E-state index in [9.17, 15) is 0 Å². The van der Waals surface area contributed by atoms with Crippen molar-refractivity contribution in [3.63, 3.8) is 0 Å². The van der Waals surface area contributed by atoms with E-state index in [0.29, 0.717) is 12.7 Å². The molecule has 4 heteroatoms. The summed E-state index contributed by atoms with van der Waals surface area (Å²) in [7, 11) is 0. The van der Waals surface area contributed by atoms with Crippen molar-refractivity contribution >= 4 is 11.6 Å². The third-order valence-electron chi connectivity index (χ3n) is 2.99. The number of ether oxygens (including phenoxy) is 2. The van der Waals surface area contributed by atoms with Gasteiger partial charge in [0.2, 0.25) is 6.79 Å². The van der Waals surface area contributed by atoms with Crippen molar-refractivity contribution in [1.82, 2.24) is 5.32 Å². The standard InChI is InChI=1S/C11H12ClNO2/c12-8-1-2-9-11(15-6-14-9)10(8)7-3-4-13-5-7/h1-2,7,13H,3-6H2. The summed E-state index contributed by atoms with van der Waals surface area (Å²) < 4.78 is 10.8. The van der Waals surface area contributed by atoms with Gasteiger partial charge in [0.25, 0.3) is 0 Å². The highest BCUT2D eigenvalue weighted by Crippen LogP contribution is 2.44. The van der Waals surface area contributed by atoms with Crippen LogP contribution in [0, 0.1) is 0 Å². The second-order valence-corrected chi connectivity index (χ2v) is 4.29. The van der Waals surface area contributed by atoms with Gasteiger partial charge in [-0.25, -0.2) is 0 Å². The highest BCUT2D eigenvalue weighted by atomic mass is 35.5. The predicted octanol–water partition coefficient (Wildman–Crippen LogP) is 2.15. The van der Waals surface area contributed by atoms with E-state index in [4.69, 9.17) is 21.1 Å². The van der Waals surface area contributed by atoms with E-state index in [0.717, 1.165) is 41.6 Å². The Hall–Kier alpha value is -0.930. The van der Waals surface area contributed by atoms with E-state index in [1.165, 1.54) is 0 Å². The van der Waals surface area contributed by atoms with Crippen molar-refractivity contribution in [2.75, 3.05) is 19.9 Å². The normalized spacial score (nSPS) is 23.4. The van der Waals surface area contributed by atoms with Crippen molar-refractivity contribution < 1.29 is 9.47 Å². The lowest BCUT2D eigenvalue weighted by Crippen LogP contribution is -2.08. The van der Waals surface area contributed by atoms with Gasteiger partial charge in [0.15, 0.2) is 11.5 Å². The highest BCUT2D eigenvalue weighted by molar-refractivity contribution is 6.31. The largest absolute Gasteiger partial charge is 0.454 e. The average Bonchev–Trinajstić information content (AvgIpc) is 2.85. The van der Waals surface area contributed by atoms with E-state index in [1.807, 2.05) is 12.1 Å². The zero-order valence-electron chi connectivity index (χ0n) is 8.25. The lowest BCUT2D eigenvalue weighted by molar-refractivity contribution is 0.173. The third-order valence-corrected chi connectivity index (χ3v) is 3.32. The molecule has 0 aromatic heterocycles. The van der Waals surface area contributed by atoms with Crippen LogP contribution in [0.4, 0.5) is 0 Å². The van der Waals surface area contributed by atoms with Gasteiger partial charge in [0.1, 0.15) is 0 Å². The Kier molecular flexibility index (Phi) is 2.22. The van der Waals surface area contributed by atoms with Gasteiger partial charge >= 0.3 is 0 Å². The number of halogens is 1. The molecular formula is C11H12ClNO2. The van der Waals surface area contributed by atoms with Gasteiger partial charge in [-0.1, -0.05) is 11.6 Å². The van der Waals surface area contributed by atoms with Crippen LogP contribution in [0.25, 0.3) is 0 Å². The maximum absolute atomic E-state index is 6.22. The van der Waals surface area contributed by atoms with Crippen LogP contribution in [-0.4, -0.2) is 19.9 Å². The maximum Gasteiger partial charge on any atom is 0.231 e. The van der Waals surface area contributed by atoms with Crippen LogP contribution in [0.1, 0.15) is 17.9 Å². The Morgan fingerprint density at radius 3 is 3.07 bits per heavy atom. The number of hydrogen-bond donors (Lipinski definition) is 1. The molecule has 3 nitrogen and oxygen atoms in total. The quantitative estimate of drug-likeness (QED) is 0.795. The monoisotopic (exact) mass is 225 g/mol. The van der Waals surface area contributed by atoms with Crippen molar-refractivity contribution in [2.45, 2.75) is 12.3 Å². The molecule has 1 saturated heterocycles. The lowest BCUT2D eigenvalue weighted by Gasteiger charge is -2.13. The van der Waals surface area contributed by atoms with Crippen molar-refractivity contribution in [1.29, 1.82) is 0 Å². The Bertz CT molecular complexity index is 388. The summed E-state index contributed by atoms with van der Waals surface area (Å²) in [6, 6.07) is 3.76. The van der Waals surface area contributed by atoms with Gasteiger partial charge in [-0.05, 0) is 25.1 Å². The molecule has 0 aliphatic carbocycles. The molecule has 2 aliphatic heterocycles. The molecule has 1 fully saturated rings. The summed E-state index contributed by atoms with van der Waals surface area (Å²) in [5, 5.41) is 4.12. The maximum atomic E-state index is 6.22. The minimum Gasteiger partial charge on any atom is -0.454 e. The minimum atomic E-state index is 0.308. The summed E-state index contributed by atoms with van der Waals surface area (Å²) >= 11 is 6.22. The molecule has 0 amide bonds. The summed E-state index contributed by atoms with van der Waals surface area (Å²) in [5.74, 6) is 2.12. The number of nitrogens with one attached hydrogen (secondary N) is 1. The van der Waals surface area contributed by atoms with Crippen LogP contribution < -0.4 is 14.8 Å². The Morgan fingerprint density at radius 2 is 2.27 bits per heavy atom. The minimum absolute atomic E-state index is 0.308. The molecule has 1 atom stereocenters. The number of rotatable bonds is 1. The molecule has 0 radical (unpaired) electrons. The summed E-state index contributed by atoms with van der Waals surface area (Å²) in [6.07, 6.45) is 1.11. The number of hydrogen-bond acceptors (Lipinski definition) is 3. The number of benzene rings is 1. The Balaban J connectivity index is 2.08. The van der Waals surface area contributed by atoms with Gasteiger partial charge in [-0.2, -0.15) is 0 Å². The zero-order valence-corrected chi connectivity index (χ0v) is 9.01. The average molecular weight is 226 g/mol. The molecule has 15 heavy (non-hydrogen) atoms. The van der Waals surface area contributed by atoms with Crippen LogP contribution in [0.2, 0.25) is 5.02 Å². The Labute approximate surface area is 93.3 Å². The first-order valence-corrected chi connectivity index (χ1v) is 5.53.